The zero-order chi connectivity index (χ0) is 14.6. The Bertz CT molecular complexity index is 467. The summed E-state index contributed by atoms with van der Waals surface area (Å²) in [6, 6.07) is 9.94. The van der Waals surface area contributed by atoms with E-state index < -0.39 is 5.60 Å². The van der Waals surface area contributed by atoms with Crippen LogP contribution in [0.1, 0.15) is 56.7 Å². The van der Waals surface area contributed by atoms with Gasteiger partial charge in [0.2, 0.25) is 0 Å². The summed E-state index contributed by atoms with van der Waals surface area (Å²) in [7, 11) is 0. The van der Waals surface area contributed by atoms with Crippen LogP contribution in [-0.4, -0.2) is 17.3 Å². The van der Waals surface area contributed by atoms with Gasteiger partial charge in [-0.1, -0.05) is 19.1 Å². The molecule has 3 heteroatoms. The Hall–Kier alpha value is -1.37. The van der Waals surface area contributed by atoms with Gasteiger partial charge in [-0.25, -0.2) is 0 Å². The largest absolute Gasteiger partial charge is 0.389 e. The zero-order valence-corrected chi connectivity index (χ0v) is 12.4. The Morgan fingerprint density at radius 3 is 2.50 bits per heavy atom. The lowest BCUT2D eigenvalue weighted by molar-refractivity contribution is -0.00783. The van der Waals surface area contributed by atoms with Crippen LogP contribution in [0.15, 0.2) is 24.3 Å². The summed E-state index contributed by atoms with van der Waals surface area (Å²) in [5.41, 5.74) is 1.28. The SMILES string of the molecule is CC1CCC(O)(CNC(C)c2ccc(C#N)cc2)CC1. The Kier molecular flexibility index (Phi) is 4.80. The molecule has 0 saturated heterocycles. The third kappa shape index (κ3) is 3.82. The molecule has 1 fully saturated rings. The number of hydrogen-bond acceptors (Lipinski definition) is 3. The second-order valence-corrected chi connectivity index (χ2v) is 6.24. The molecule has 3 nitrogen and oxygen atoms in total. The van der Waals surface area contributed by atoms with Gasteiger partial charge in [-0.3, -0.25) is 0 Å². The van der Waals surface area contributed by atoms with Crippen molar-refractivity contribution in [3.8, 4) is 6.07 Å². The highest BCUT2D eigenvalue weighted by atomic mass is 16.3. The van der Waals surface area contributed by atoms with Crippen LogP contribution in [0.3, 0.4) is 0 Å². The first-order chi connectivity index (χ1) is 9.52. The molecule has 0 radical (unpaired) electrons. The van der Waals surface area contributed by atoms with Crippen molar-refractivity contribution < 1.29 is 5.11 Å². The molecule has 20 heavy (non-hydrogen) atoms. The van der Waals surface area contributed by atoms with Crippen molar-refractivity contribution in [3.05, 3.63) is 35.4 Å². The van der Waals surface area contributed by atoms with Gasteiger partial charge >= 0.3 is 0 Å². The minimum atomic E-state index is -0.548. The number of nitrogens with one attached hydrogen (secondary N) is 1. The Morgan fingerprint density at radius 1 is 1.35 bits per heavy atom. The van der Waals surface area contributed by atoms with Crippen LogP contribution in [0, 0.1) is 17.2 Å². The highest BCUT2D eigenvalue weighted by molar-refractivity contribution is 5.32. The summed E-state index contributed by atoms with van der Waals surface area (Å²) >= 11 is 0. The van der Waals surface area contributed by atoms with Gasteiger partial charge in [0, 0.05) is 12.6 Å². The third-order valence-corrected chi connectivity index (χ3v) is 4.48. The monoisotopic (exact) mass is 272 g/mol. The number of nitrogens with zero attached hydrogens (tertiary/aromatic N) is 1. The molecule has 1 aromatic carbocycles. The molecule has 0 aromatic heterocycles. The average molecular weight is 272 g/mol. The predicted octanol–water partition coefficient (Wildman–Crippen LogP) is 3.15. The van der Waals surface area contributed by atoms with Gasteiger partial charge in [-0.2, -0.15) is 5.26 Å². The van der Waals surface area contributed by atoms with Crippen molar-refractivity contribution in [3.63, 3.8) is 0 Å². The first kappa shape index (κ1) is 15.0. The van der Waals surface area contributed by atoms with Crippen LogP contribution < -0.4 is 5.32 Å². The van der Waals surface area contributed by atoms with Gasteiger partial charge in [-0.05, 0) is 56.2 Å². The van der Waals surface area contributed by atoms with Crippen molar-refractivity contribution in [1.82, 2.24) is 5.32 Å². The Labute approximate surface area is 121 Å². The van der Waals surface area contributed by atoms with Gasteiger partial charge in [-0.15, -0.1) is 0 Å². The normalized spacial score (nSPS) is 27.8. The van der Waals surface area contributed by atoms with Crippen LogP contribution in [0.2, 0.25) is 0 Å². The molecular formula is C17H24N2O. The lowest BCUT2D eigenvalue weighted by Crippen LogP contribution is -2.44. The summed E-state index contributed by atoms with van der Waals surface area (Å²) in [5, 5.41) is 22.8. The van der Waals surface area contributed by atoms with E-state index in [1.807, 2.05) is 24.3 Å². The first-order valence-electron chi connectivity index (χ1n) is 7.48. The van der Waals surface area contributed by atoms with E-state index in [1.54, 1.807) is 0 Å². The fourth-order valence-electron chi connectivity index (χ4n) is 2.78. The Morgan fingerprint density at radius 2 is 1.95 bits per heavy atom. The maximum atomic E-state index is 10.6. The number of aliphatic hydroxyl groups is 1. The molecule has 0 bridgehead atoms. The summed E-state index contributed by atoms with van der Waals surface area (Å²) < 4.78 is 0. The van der Waals surface area contributed by atoms with E-state index in [2.05, 4.69) is 25.2 Å². The standard InChI is InChI=1S/C17H24N2O/c1-13-7-9-17(20,10-8-13)12-19-14(2)16-5-3-15(11-18)4-6-16/h3-6,13-14,19-20H,7-10,12H2,1-2H3. The summed E-state index contributed by atoms with van der Waals surface area (Å²) in [6.45, 7) is 4.99. The van der Waals surface area contributed by atoms with Gasteiger partial charge < -0.3 is 10.4 Å². The molecule has 1 unspecified atom stereocenters. The van der Waals surface area contributed by atoms with Crippen LogP contribution in [0.25, 0.3) is 0 Å². The van der Waals surface area contributed by atoms with E-state index in [4.69, 9.17) is 5.26 Å². The molecule has 2 rings (SSSR count). The van der Waals surface area contributed by atoms with Gasteiger partial charge in [0.25, 0.3) is 0 Å². The van der Waals surface area contributed by atoms with E-state index in [9.17, 15) is 5.11 Å². The van der Waals surface area contributed by atoms with Crippen LogP contribution in [0.4, 0.5) is 0 Å². The number of nitriles is 1. The maximum Gasteiger partial charge on any atom is 0.0991 e. The lowest BCUT2D eigenvalue weighted by Gasteiger charge is -2.36. The average Bonchev–Trinajstić information content (AvgIpc) is 2.48. The Balaban J connectivity index is 1.88. The van der Waals surface area contributed by atoms with Crippen LogP contribution in [0.5, 0.6) is 0 Å². The van der Waals surface area contributed by atoms with Gasteiger partial charge in [0.15, 0.2) is 0 Å². The molecule has 0 amide bonds. The lowest BCUT2D eigenvalue weighted by atomic mass is 9.79. The third-order valence-electron chi connectivity index (χ3n) is 4.48. The van der Waals surface area contributed by atoms with E-state index in [-0.39, 0.29) is 6.04 Å². The second kappa shape index (κ2) is 6.39. The van der Waals surface area contributed by atoms with Gasteiger partial charge in [0.05, 0.1) is 17.2 Å². The number of hydrogen-bond donors (Lipinski definition) is 2. The highest BCUT2D eigenvalue weighted by Crippen LogP contribution is 2.31. The number of benzene rings is 1. The van der Waals surface area contributed by atoms with Crippen molar-refractivity contribution in [2.24, 2.45) is 5.92 Å². The summed E-state index contributed by atoms with van der Waals surface area (Å²) in [4.78, 5) is 0. The van der Waals surface area contributed by atoms with Crippen molar-refractivity contribution in [2.75, 3.05) is 6.54 Å². The van der Waals surface area contributed by atoms with Crippen molar-refractivity contribution >= 4 is 0 Å². The smallest absolute Gasteiger partial charge is 0.0991 e. The minimum Gasteiger partial charge on any atom is -0.389 e. The van der Waals surface area contributed by atoms with Crippen molar-refractivity contribution in [1.29, 1.82) is 5.26 Å². The topological polar surface area (TPSA) is 56.0 Å². The quantitative estimate of drug-likeness (QED) is 0.885. The maximum absolute atomic E-state index is 10.6. The second-order valence-electron chi connectivity index (χ2n) is 6.24. The van der Waals surface area contributed by atoms with E-state index in [0.717, 1.165) is 37.2 Å². The molecule has 1 aliphatic rings. The molecule has 2 N–H and O–H groups in total. The summed E-state index contributed by atoms with van der Waals surface area (Å²) in [5.74, 6) is 0.742. The molecule has 0 spiro atoms. The molecule has 108 valence electrons. The van der Waals surface area contributed by atoms with E-state index in [0.29, 0.717) is 12.1 Å². The molecule has 1 aliphatic carbocycles. The minimum absolute atomic E-state index is 0.186. The molecule has 1 atom stereocenters. The van der Waals surface area contributed by atoms with E-state index >= 15 is 0 Å². The van der Waals surface area contributed by atoms with Crippen LogP contribution >= 0.6 is 0 Å². The molecule has 1 saturated carbocycles. The molecule has 0 aliphatic heterocycles. The fourth-order valence-corrected chi connectivity index (χ4v) is 2.78. The fraction of sp³-hybridized carbons (Fsp3) is 0.588. The van der Waals surface area contributed by atoms with Crippen molar-refractivity contribution in [2.45, 2.75) is 51.2 Å². The molecular weight excluding hydrogens is 248 g/mol. The molecule has 0 heterocycles. The van der Waals surface area contributed by atoms with Gasteiger partial charge in [0.1, 0.15) is 0 Å². The van der Waals surface area contributed by atoms with E-state index in [1.165, 1.54) is 0 Å². The zero-order valence-electron chi connectivity index (χ0n) is 12.4. The van der Waals surface area contributed by atoms with Crippen LogP contribution in [-0.2, 0) is 0 Å². The predicted molar refractivity (Wildman–Crippen MR) is 80.2 cm³/mol. The number of rotatable bonds is 4. The highest BCUT2D eigenvalue weighted by Gasteiger charge is 2.31. The summed E-state index contributed by atoms with van der Waals surface area (Å²) in [6.07, 6.45) is 4.01. The first-order valence-corrected chi connectivity index (χ1v) is 7.48. The molecule has 1 aromatic rings.